The second-order valence-corrected chi connectivity index (χ2v) is 15.0. The average molecular weight is 675 g/mol. The number of imide groups is 2. The van der Waals surface area contributed by atoms with Crippen LogP contribution >= 0.6 is 0 Å². The van der Waals surface area contributed by atoms with Crippen molar-refractivity contribution in [1.29, 1.82) is 0 Å². The molecule has 6 nitrogen and oxygen atoms in total. The zero-order chi connectivity index (χ0) is 35.5. The number of hydrogen-bond donors (Lipinski definition) is 1. The normalized spacial score (nSPS) is 14.8. The summed E-state index contributed by atoms with van der Waals surface area (Å²) >= 11 is 0. The molecular formula is C46H30N2O4. The highest BCUT2D eigenvalue weighted by atomic mass is 16.2. The molecule has 0 saturated carbocycles. The molecular weight excluding hydrogens is 645 g/mol. The summed E-state index contributed by atoms with van der Waals surface area (Å²) in [5.74, 6) is -1.11. The first-order valence-corrected chi connectivity index (χ1v) is 17.8. The van der Waals surface area contributed by atoms with Gasteiger partial charge in [0, 0.05) is 33.0 Å². The Hall–Kier alpha value is -6.40. The highest BCUT2D eigenvalue weighted by Gasteiger charge is 2.38. The molecule has 0 saturated heterocycles. The van der Waals surface area contributed by atoms with E-state index in [1.54, 1.807) is 0 Å². The Bertz CT molecular complexity index is 2990. The summed E-state index contributed by atoms with van der Waals surface area (Å²) in [6.45, 7) is 8.39. The maximum atomic E-state index is 14.6. The van der Waals surface area contributed by atoms with Gasteiger partial charge in [0.15, 0.2) is 0 Å². The molecule has 0 aromatic heterocycles. The van der Waals surface area contributed by atoms with E-state index < -0.39 is 0 Å². The minimum absolute atomic E-state index is 0.117. The summed E-state index contributed by atoms with van der Waals surface area (Å²) in [7, 11) is 0. The molecule has 1 N–H and O–H groups in total. The molecule has 2 heterocycles. The van der Waals surface area contributed by atoms with Crippen molar-refractivity contribution in [2.45, 2.75) is 39.5 Å². The molecule has 0 radical (unpaired) electrons. The summed E-state index contributed by atoms with van der Waals surface area (Å²) in [4.78, 5) is 56.5. The number of hydrogen-bond acceptors (Lipinski definition) is 4. The molecule has 0 unspecified atom stereocenters. The number of nitrogens with one attached hydrogen (secondary N) is 1. The molecule has 11 rings (SSSR count). The van der Waals surface area contributed by atoms with Gasteiger partial charge in [-0.25, -0.2) is 4.90 Å². The lowest BCUT2D eigenvalue weighted by Crippen LogP contribution is -2.41. The number of fused-ring (bicyclic) bond motifs is 4. The Morgan fingerprint density at radius 1 is 0.404 bits per heavy atom. The van der Waals surface area contributed by atoms with Crippen LogP contribution in [0.5, 0.6) is 0 Å². The van der Waals surface area contributed by atoms with Crippen molar-refractivity contribution in [3.63, 3.8) is 0 Å². The fourth-order valence-corrected chi connectivity index (χ4v) is 9.56. The predicted molar refractivity (Wildman–Crippen MR) is 209 cm³/mol. The van der Waals surface area contributed by atoms with Gasteiger partial charge < -0.3 is 0 Å². The minimum Gasteiger partial charge on any atom is -0.288 e. The SMILES string of the molecule is CC(C)c1cccc(C(C)C)c1N1C(=O)c2ccc3c4ccc5c6ccc7c8c(ccc(c9ccc(c%10ccc(c2c3%10)C1=O)c4c59)c86)C(=O)NC7=O. The third kappa shape index (κ3) is 3.35. The van der Waals surface area contributed by atoms with Crippen LogP contribution in [0.3, 0.4) is 0 Å². The van der Waals surface area contributed by atoms with Gasteiger partial charge in [-0.05, 0) is 112 Å². The zero-order valence-electron chi connectivity index (χ0n) is 28.9. The second kappa shape index (κ2) is 9.68. The third-order valence-electron chi connectivity index (χ3n) is 11.8. The molecule has 52 heavy (non-hydrogen) atoms. The van der Waals surface area contributed by atoms with E-state index >= 15 is 0 Å². The van der Waals surface area contributed by atoms with Crippen LogP contribution in [0.4, 0.5) is 5.69 Å². The van der Waals surface area contributed by atoms with Crippen LogP contribution in [0, 0.1) is 0 Å². The van der Waals surface area contributed by atoms with Crippen LogP contribution < -0.4 is 10.2 Å². The van der Waals surface area contributed by atoms with Gasteiger partial charge in [-0.2, -0.15) is 0 Å². The number of amides is 4. The topological polar surface area (TPSA) is 83.6 Å². The van der Waals surface area contributed by atoms with Gasteiger partial charge in [0.1, 0.15) is 0 Å². The molecule has 0 bridgehead atoms. The largest absolute Gasteiger partial charge is 0.288 e. The number of nitrogens with zero attached hydrogens (tertiary/aromatic N) is 1. The Kier molecular flexibility index (Phi) is 5.46. The highest BCUT2D eigenvalue weighted by Crippen LogP contribution is 2.50. The predicted octanol–water partition coefficient (Wildman–Crippen LogP) is 10.6. The minimum atomic E-state index is -0.376. The van der Waals surface area contributed by atoms with Crippen LogP contribution in [0.25, 0.3) is 75.4 Å². The molecule has 9 aromatic rings. The summed E-state index contributed by atoms with van der Waals surface area (Å²) in [5, 5.41) is 16.1. The number of benzene rings is 9. The van der Waals surface area contributed by atoms with Crippen LogP contribution in [0.2, 0.25) is 0 Å². The van der Waals surface area contributed by atoms with Crippen molar-refractivity contribution in [3.05, 3.63) is 124 Å². The molecule has 2 aliphatic rings. The van der Waals surface area contributed by atoms with Gasteiger partial charge in [-0.15, -0.1) is 0 Å². The van der Waals surface area contributed by atoms with Crippen molar-refractivity contribution in [1.82, 2.24) is 5.32 Å². The van der Waals surface area contributed by atoms with Gasteiger partial charge in [0.2, 0.25) is 0 Å². The van der Waals surface area contributed by atoms with Gasteiger partial charge in [-0.3, -0.25) is 24.5 Å². The second-order valence-electron chi connectivity index (χ2n) is 15.0. The first-order chi connectivity index (χ1) is 25.2. The highest BCUT2D eigenvalue weighted by molar-refractivity contribution is 6.46. The molecule has 0 aliphatic carbocycles. The lowest BCUT2D eigenvalue weighted by molar-refractivity contribution is 0.0840. The molecule has 0 fully saturated rings. The first-order valence-electron chi connectivity index (χ1n) is 17.8. The molecule has 248 valence electrons. The molecule has 2 aliphatic heterocycles. The molecule has 0 atom stereocenters. The fourth-order valence-electron chi connectivity index (χ4n) is 9.56. The van der Waals surface area contributed by atoms with E-state index in [1.165, 1.54) is 4.90 Å². The van der Waals surface area contributed by atoms with Crippen LogP contribution in [-0.4, -0.2) is 23.6 Å². The van der Waals surface area contributed by atoms with E-state index in [1.807, 2.05) is 66.7 Å². The van der Waals surface area contributed by atoms with Crippen LogP contribution in [-0.2, 0) is 0 Å². The molecule has 6 heteroatoms. The van der Waals surface area contributed by atoms with Crippen molar-refractivity contribution in [2.24, 2.45) is 0 Å². The van der Waals surface area contributed by atoms with E-state index in [-0.39, 0.29) is 35.5 Å². The van der Waals surface area contributed by atoms with Gasteiger partial charge in [0.25, 0.3) is 23.6 Å². The Labute approximate surface area is 297 Å². The maximum Gasteiger partial charge on any atom is 0.266 e. The number of carbonyl (C=O) groups excluding carboxylic acids is 4. The van der Waals surface area contributed by atoms with Crippen LogP contribution in [0.15, 0.2) is 91.0 Å². The summed E-state index contributed by atoms with van der Waals surface area (Å²) in [6, 6.07) is 30.2. The number of carbonyl (C=O) groups is 4. The lowest BCUT2D eigenvalue weighted by Gasteiger charge is -2.32. The zero-order valence-corrected chi connectivity index (χ0v) is 28.9. The Morgan fingerprint density at radius 3 is 1.08 bits per heavy atom. The van der Waals surface area contributed by atoms with Gasteiger partial charge >= 0.3 is 0 Å². The smallest absolute Gasteiger partial charge is 0.266 e. The monoisotopic (exact) mass is 674 g/mol. The Morgan fingerprint density at radius 2 is 0.712 bits per heavy atom. The third-order valence-corrected chi connectivity index (χ3v) is 11.8. The van der Waals surface area contributed by atoms with E-state index in [9.17, 15) is 19.2 Å². The molecule has 4 amide bonds. The standard InChI is InChI=1S/C46H30N2O4/c1-20(2)22-6-5-7-23(21(3)4)42(22)48-45(51)34-18-14-30-26-10-8-24-28-12-16-32-40-33(44(50)47-43(32)49)17-13-29(38(28)40)25-9-11-27(37(26)36(24)25)31-15-19-35(46(48)52)41(34)39(30)31/h5-21H,1-4H3,(H,47,49,50). The summed E-state index contributed by atoms with van der Waals surface area (Å²) in [6.07, 6.45) is 0. The summed E-state index contributed by atoms with van der Waals surface area (Å²) in [5.41, 5.74) is 4.74. The van der Waals surface area contributed by atoms with Crippen molar-refractivity contribution < 1.29 is 19.2 Å². The number of anilines is 1. The first kappa shape index (κ1) is 29.3. The lowest BCUT2D eigenvalue weighted by atomic mass is 9.80. The van der Waals surface area contributed by atoms with E-state index in [0.717, 1.165) is 75.8 Å². The average Bonchev–Trinajstić information content (AvgIpc) is 3.14. The van der Waals surface area contributed by atoms with Crippen molar-refractivity contribution in [2.75, 3.05) is 4.90 Å². The van der Waals surface area contributed by atoms with Gasteiger partial charge in [0.05, 0.1) is 5.69 Å². The van der Waals surface area contributed by atoms with Gasteiger partial charge in [-0.1, -0.05) is 94.4 Å². The molecule has 9 aromatic carbocycles. The van der Waals surface area contributed by atoms with E-state index in [0.29, 0.717) is 38.7 Å². The fraction of sp³-hybridized carbons (Fsp3) is 0.130. The Balaban J connectivity index is 1.22. The van der Waals surface area contributed by atoms with E-state index in [2.05, 4.69) is 57.3 Å². The van der Waals surface area contributed by atoms with Crippen LogP contribution in [0.1, 0.15) is 92.1 Å². The van der Waals surface area contributed by atoms with Crippen molar-refractivity contribution >= 4 is 105 Å². The quantitative estimate of drug-likeness (QED) is 0.115. The summed E-state index contributed by atoms with van der Waals surface area (Å²) < 4.78 is 0. The number of rotatable bonds is 3. The maximum absolute atomic E-state index is 14.6. The molecule has 0 spiro atoms. The van der Waals surface area contributed by atoms with Crippen molar-refractivity contribution in [3.8, 4) is 0 Å². The van der Waals surface area contributed by atoms with E-state index in [4.69, 9.17) is 0 Å². The number of para-hydroxylation sites is 1.